The summed E-state index contributed by atoms with van der Waals surface area (Å²) in [6, 6.07) is 0. The molecule has 0 amide bonds. The van der Waals surface area contributed by atoms with Gasteiger partial charge in [-0.25, -0.2) is 0 Å². The molecule has 0 unspecified atom stereocenters. The van der Waals surface area contributed by atoms with Gasteiger partial charge in [-0.3, -0.25) is 4.79 Å². The van der Waals surface area contributed by atoms with Gasteiger partial charge in [0.15, 0.2) is 0 Å². The van der Waals surface area contributed by atoms with E-state index in [0.717, 1.165) is 25.7 Å². The molecule has 3 N–H and O–H groups in total. The molecule has 23 heavy (non-hydrogen) atoms. The lowest BCUT2D eigenvalue weighted by molar-refractivity contribution is -0.262. The number of aliphatic hydroxyl groups excluding tert-OH is 2. The third-order valence-corrected chi connectivity index (χ3v) is 8.54. The Morgan fingerprint density at radius 1 is 1.04 bits per heavy atom. The number of hydrogen-bond donors (Lipinski definition) is 3. The lowest BCUT2D eigenvalue weighted by atomic mass is 9.43. The molecule has 0 aromatic rings. The summed E-state index contributed by atoms with van der Waals surface area (Å²) in [4.78, 5) is 12.4. The Kier molecular flexibility index (Phi) is 3.35. The maximum absolute atomic E-state index is 12.4. The van der Waals surface area contributed by atoms with Crippen LogP contribution in [0.15, 0.2) is 0 Å². The molecule has 130 valence electrons. The third-order valence-electron chi connectivity index (χ3n) is 8.54. The van der Waals surface area contributed by atoms with E-state index in [2.05, 4.69) is 13.8 Å². The van der Waals surface area contributed by atoms with Crippen LogP contribution in [0.4, 0.5) is 0 Å². The average Bonchev–Trinajstić information content (AvgIpc) is 2.79. The van der Waals surface area contributed by atoms with E-state index < -0.39 is 17.8 Å². The van der Waals surface area contributed by atoms with Crippen LogP contribution in [0.2, 0.25) is 0 Å². The number of carbonyl (C=O) groups is 1. The number of aliphatic hydroxyl groups is 3. The molecule has 8 atom stereocenters. The molecule has 4 aliphatic rings. The standard InChI is InChI=1S/C19H30O4/c1-17-7-6-14-12(13(17)3-4-15(17)21)9-16(22)19(23)10-11(20)5-8-18(14,19)2/h11-14,16,20,22-23H,3-10H2,1-2H3/t11-,12-,13-,14-,16+,17-,18+,19+/m0/s1. The first-order valence-electron chi connectivity index (χ1n) is 9.34. The zero-order valence-corrected chi connectivity index (χ0v) is 14.3. The molecule has 0 spiro atoms. The smallest absolute Gasteiger partial charge is 0.139 e. The van der Waals surface area contributed by atoms with Crippen molar-refractivity contribution in [3.05, 3.63) is 0 Å². The molecule has 0 aliphatic heterocycles. The van der Waals surface area contributed by atoms with Crippen molar-refractivity contribution >= 4 is 5.78 Å². The minimum Gasteiger partial charge on any atom is -0.393 e. The SMILES string of the molecule is C[C@]12CC[C@H]3[C@@H](C[C@@H](O)[C@]4(O)C[C@@H](O)CC[C@]34C)[C@@H]1CCC2=O. The number of rotatable bonds is 0. The Morgan fingerprint density at radius 3 is 2.52 bits per heavy atom. The molecule has 0 saturated heterocycles. The summed E-state index contributed by atoms with van der Waals surface area (Å²) in [6.07, 6.45) is 4.54. The summed E-state index contributed by atoms with van der Waals surface area (Å²) >= 11 is 0. The first-order valence-corrected chi connectivity index (χ1v) is 9.34. The summed E-state index contributed by atoms with van der Waals surface area (Å²) in [7, 11) is 0. The average molecular weight is 322 g/mol. The summed E-state index contributed by atoms with van der Waals surface area (Å²) in [6.45, 7) is 4.25. The van der Waals surface area contributed by atoms with E-state index in [1.54, 1.807) is 0 Å². The zero-order valence-electron chi connectivity index (χ0n) is 14.3. The summed E-state index contributed by atoms with van der Waals surface area (Å²) in [5, 5.41) is 32.2. The van der Waals surface area contributed by atoms with Gasteiger partial charge in [-0.1, -0.05) is 13.8 Å². The van der Waals surface area contributed by atoms with Crippen LogP contribution >= 0.6 is 0 Å². The second kappa shape index (κ2) is 4.80. The lowest BCUT2D eigenvalue weighted by Gasteiger charge is -2.64. The van der Waals surface area contributed by atoms with Crippen LogP contribution in [-0.2, 0) is 4.79 Å². The van der Waals surface area contributed by atoms with Crippen molar-refractivity contribution in [2.75, 3.05) is 0 Å². The highest BCUT2D eigenvalue weighted by atomic mass is 16.3. The second-order valence-corrected chi connectivity index (χ2v) is 9.28. The first-order chi connectivity index (χ1) is 10.7. The van der Waals surface area contributed by atoms with Gasteiger partial charge in [-0.05, 0) is 56.3 Å². The molecule has 4 fully saturated rings. The Balaban J connectivity index is 1.72. The molecular weight excluding hydrogens is 292 g/mol. The molecule has 4 rings (SSSR count). The Hall–Kier alpha value is -0.450. The molecule has 0 bridgehead atoms. The zero-order chi connectivity index (χ0) is 16.6. The van der Waals surface area contributed by atoms with Crippen LogP contribution in [0.25, 0.3) is 0 Å². The maximum atomic E-state index is 12.4. The van der Waals surface area contributed by atoms with Gasteiger partial charge in [0.05, 0.1) is 17.8 Å². The third kappa shape index (κ3) is 1.86. The molecule has 0 heterocycles. The summed E-state index contributed by atoms with van der Waals surface area (Å²) < 4.78 is 0. The van der Waals surface area contributed by atoms with Crippen molar-refractivity contribution in [2.45, 2.75) is 83.0 Å². The molecule has 0 aromatic heterocycles. The molecule has 4 aliphatic carbocycles. The van der Waals surface area contributed by atoms with E-state index in [0.29, 0.717) is 42.8 Å². The Morgan fingerprint density at radius 2 is 1.78 bits per heavy atom. The van der Waals surface area contributed by atoms with Crippen LogP contribution < -0.4 is 0 Å². The van der Waals surface area contributed by atoms with Gasteiger partial charge in [0, 0.05) is 23.7 Å². The highest BCUT2D eigenvalue weighted by molar-refractivity contribution is 5.87. The molecule has 4 saturated carbocycles. The van der Waals surface area contributed by atoms with E-state index in [9.17, 15) is 20.1 Å². The molecular formula is C19H30O4. The van der Waals surface area contributed by atoms with Crippen molar-refractivity contribution in [3.63, 3.8) is 0 Å². The predicted molar refractivity (Wildman–Crippen MR) is 85.6 cm³/mol. The maximum Gasteiger partial charge on any atom is 0.139 e. The fourth-order valence-corrected chi connectivity index (χ4v) is 7.03. The van der Waals surface area contributed by atoms with Crippen molar-refractivity contribution in [1.29, 1.82) is 0 Å². The van der Waals surface area contributed by atoms with E-state index >= 15 is 0 Å². The highest BCUT2D eigenvalue weighted by Crippen LogP contribution is 2.66. The number of carbonyl (C=O) groups excluding carboxylic acids is 1. The van der Waals surface area contributed by atoms with E-state index in [1.807, 2.05) is 0 Å². The van der Waals surface area contributed by atoms with Gasteiger partial charge in [-0.2, -0.15) is 0 Å². The lowest BCUT2D eigenvalue weighted by Crippen LogP contribution is -2.68. The molecule has 4 heteroatoms. The Bertz CT molecular complexity index is 533. The van der Waals surface area contributed by atoms with Gasteiger partial charge in [0.1, 0.15) is 5.78 Å². The van der Waals surface area contributed by atoms with E-state index in [-0.39, 0.29) is 17.3 Å². The predicted octanol–water partition coefficient (Wildman–Crippen LogP) is 2.04. The summed E-state index contributed by atoms with van der Waals surface area (Å²) in [5.74, 6) is 1.44. The number of fused-ring (bicyclic) bond motifs is 5. The van der Waals surface area contributed by atoms with Crippen LogP contribution in [0.3, 0.4) is 0 Å². The fourth-order valence-electron chi connectivity index (χ4n) is 7.03. The van der Waals surface area contributed by atoms with Crippen LogP contribution in [0, 0.1) is 28.6 Å². The van der Waals surface area contributed by atoms with Gasteiger partial charge in [-0.15, -0.1) is 0 Å². The number of hydrogen-bond acceptors (Lipinski definition) is 4. The monoisotopic (exact) mass is 322 g/mol. The normalized spacial score (nSPS) is 59.2. The first kappa shape index (κ1) is 16.0. The molecule has 4 nitrogen and oxygen atoms in total. The van der Waals surface area contributed by atoms with Gasteiger partial charge in [0.25, 0.3) is 0 Å². The largest absolute Gasteiger partial charge is 0.393 e. The Labute approximate surface area is 138 Å². The second-order valence-electron chi connectivity index (χ2n) is 9.28. The fraction of sp³-hybridized carbons (Fsp3) is 0.947. The topological polar surface area (TPSA) is 77.8 Å². The van der Waals surface area contributed by atoms with Gasteiger partial charge >= 0.3 is 0 Å². The highest BCUT2D eigenvalue weighted by Gasteiger charge is 2.67. The van der Waals surface area contributed by atoms with Crippen LogP contribution in [0.1, 0.15) is 65.2 Å². The van der Waals surface area contributed by atoms with E-state index in [4.69, 9.17) is 0 Å². The minimum absolute atomic E-state index is 0.207. The van der Waals surface area contributed by atoms with Gasteiger partial charge in [0.2, 0.25) is 0 Å². The molecule has 0 radical (unpaired) electrons. The van der Waals surface area contributed by atoms with Crippen LogP contribution in [0.5, 0.6) is 0 Å². The van der Waals surface area contributed by atoms with Crippen molar-refractivity contribution in [1.82, 2.24) is 0 Å². The van der Waals surface area contributed by atoms with Crippen molar-refractivity contribution < 1.29 is 20.1 Å². The van der Waals surface area contributed by atoms with E-state index in [1.165, 1.54) is 0 Å². The van der Waals surface area contributed by atoms with Crippen molar-refractivity contribution in [2.24, 2.45) is 28.6 Å². The van der Waals surface area contributed by atoms with Crippen molar-refractivity contribution in [3.8, 4) is 0 Å². The number of Topliss-reactive ketones (excluding diaryl/α,β-unsaturated/α-hetero) is 1. The quantitative estimate of drug-likeness (QED) is 0.638. The number of ketones is 1. The van der Waals surface area contributed by atoms with Crippen LogP contribution in [-0.4, -0.2) is 38.9 Å². The summed E-state index contributed by atoms with van der Waals surface area (Å²) in [5.41, 5.74) is -1.73. The molecule has 0 aromatic carbocycles. The minimum atomic E-state index is -1.18. The van der Waals surface area contributed by atoms with Gasteiger partial charge < -0.3 is 15.3 Å².